The van der Waals surface area contributed by atoms with Crippen LogP contribution in [0.2, 0.25) is 0 Å². The first-order chi connectivity index (χ1) is 11.8. The van der Waals surface area contributed by atoms with Gasteiger partial charge in [0.15, 0.2) is 0 Å². The number of fused-ring (bicyclic) bond motifs is 2. The molecular weight excluding hydrogens is 332 g/mol. The van der Waals surface area contributed by atoms with Crippen molar-refractivity contribution in [3.8, 4) is 11.1 Å². The Labute approximate surface area is 150 Å². The maximum absolute atomic E-state index is 12.2. The summed E-state index contributed by atoms with van der Waals surface area (Å²) in [6, 6.07) is 14.3. The summed E-state index contributed by atoms with van der Waals surface area (Å²) in [6.07, 6.45) is 2.83. The smallest absolute Gasteiger partial charge is 0.209 e. The zero-order valence-electron chi connectivity index (χ0n) is 15.0. The molecule has 3 N–H and O–H groups in total. The van der Waals surface area contributed by atoms with Crippen LogP contribution >= 0.6 is 0 Å². The number of hydrogen-bond donors (Lipinski definition) is 2. The molecule has 2 aromatic carbocycles. The van der Waals surface area contributed by atoms with Gasteiger partial charge in [-0.2, -0.15) is 0 Å². The molecule has 4 rings (SSSR count). The van der Waals surface area contributed by atoms with Crippen LogP contribution in [0, 0.1) is 12.8 Å². The summed E-state index contributed by atoms with van der Waals surface area (Å²) in [4.78, 5) is 0. The lowest BCUT2D eigenvalue weighted by molar-refractivity contribution is 0.326. The molecule has 0 radical (unpaired) electrons. The van der Waals surface area contributed by atoms with E-state index < -0.39 is 15.6 Å². The van der Waals surface area contributed by atoms with E-state index in [1.807, 2.05) is 18.2 Å². The number of benzene rings is 2. The van der Waals surface area contributed by atoms with Crippen molar-refractivity contribution in [2.24, 2.45) is 11.7 Å². The van der Waals surface area contributed by atoms with Crippen molar-refractivity contribution in [3.63, 3.8) is 0 Å². The number of hydrogen-bond acceptors (Lipinski definition) is 3. The molecule has 0 saturated carbocycles. The largest absolute Gasteiger partial charge is 0.330 e. The third kappa shape index (κ3) is 3.24. The zero-order chi connectivity index (χ0) is 18.2. The van der Waals surface area contributed by atoms with E-state index in [9.17, 15) is 8.42 Å². The number of nitrogens with one attached hydrogen (secondary N) is 1. The van der Waals surface area contributed by atoms with Gasteiger partial charge >= 0.3 is 0 Å². The fourth-order valence-electron chi connectivity index (χ4n) is 4.24. The predicted octanol–water partition coefficient (Wildman–Crippen LogP) is 3.14. The van der Waals surface area contributed by atoms with Gasteiger partial charge in [-0.3, -0.25) is 0 Å². The lowest BCUT2D eigenvalue weighted by Gasteiger charge is -2.48. The Morgan fingerprint density at radius 3 is 2.40 bits per heavy atom. The van der Waals surface area contributed by atoms with Crippen LogP contribution in [0.5, 0.6) is 0 Å². The average molecular weight is 359 g/mol. The lowest BCUT2D eigenvalue weighted by atomic mass is 9.62. The van der Waals surface area contributed by atoms with Crippen molar-refractivity contribution < 1.29 is 8.42 Å². The third-order valence-corrected chi connectivity index (χ3v) is 5.83. The summed E-state index contributed by atoms with van der Waals surface area (Å²) in [7, 11) is -3.36. The molecule has 0 heterocycles. The van der Waals surface area contributed by atoms with Gasteiger partial charge in [-0.1, -0.05) is 49.4 Å². The molecule has 0 amide bonds. The van der Waals surface area contributed by atoms with E-state index in [1.165, 1.54) is 11.8 Å². The number of sulfonamides is 1. The van der Waals surface area contributed by atoms with Gasteiger partial charge in [0.25, 0.3) is 0 Å². The van der Waals surface area contributed by atoms with Gasteiger partial charge in [-0.25, -0.2) is 13.1 Å². The van der Waals surface area contributed by atoms with Crippen molar-refractivity contribution in [2.75, 3.05) is 12.8 Å². The molecule has 0 fully saturated rings. The molecule has 2 atom stereocenters. The molecule has 2 aliphatic carbocycles. The van der Waals surface area contributed by atoms with Gasteiger partial charge in [0, 0.05) is 0 Å². The fraction of sp³-hybridized carbons (Fsp3) is 0.400. The van der Waals surface area contributed by atoms with Gasteiger partial charge in [-0.05, 0) is 60.0 Å². The van der Waals surface area contributed by atoms with Crippen LogP contribution in [-0.2, 0) is 15.6 Å². The van der Waals surface area contributed by atoms with Gasteiger partial charge in [0.05, 0.1) is 11.8 Å². The maximum Gasteiger partial charge on any atom is 0.209 e. The Balaban J connectivity index is 2.12. The van der Waals surface area contributed by atoms with Gasteiger partial charge in [0.1, 0.15) is 0 Å². The molecule has 5 heteroatoms. The molecule has 0 spiro atoms. The quantitative estimate of drug-likeness (QED) is 0.799. The van der Waals surface area contributed by atoms with Crippen LogP contribution in [-0.4, -0.2) is 21.2 Å². The normalized spacial score (nSPS) is 20.2. The summed E-state index contributed by atoms with van der Waals surface area (Å²) in [5.41, 5.74) is 10.7. The van der Waals surface area contributed by atoms with Crippen molar-refractivity contribution in [1.29, 1.82) is 0 Å². The van der Waals surface area contributed by atoms with Crippen LogP contribution in [0.15, 0.2) is 42.5 Å². The number of nitrogens with two attached hydrogens (primary N) is 1. The first kappa shape index (κ1) is 18.1. The summed E-state index contributed by atoms with van der Waals surface area (Å²) in [6.45, 7) is 4.82. The molecule has 2 aliphatic rings. The molecular formula is C20H26N2O2S. The minimum Gasteiger partial charge on any atom is -0.330 e. The summed E-state index contributed by atoms with van der Waals surface area (Å²) < 4.78 is 27.3. The molecule has 134 valence electrons. The molecule has 4 nitrogen and oxygen atoms in total. The van der Waals surface area contributed by atoms with E-state index >= 15 is 0 Å². The Hall–Kier alpha value is -1.69. The second-order valence-corrected chi connectivity index (χ2v) is 8.94. The van der Waals surface area contributed by atoms with E-state index in [0.717, 1.165) is 35.1 Å². The van der Waals surface area contributed by atoms with Crippen molar-refractivity contribution >= 4 is 10.0 Å². The van der Waals surface area contributed by atoms with E-state index in [2.05, 4.69) is 42.8 Å². The van der Waals surface area contributed by atoms with E-state index in [-0.39, 0.29) is 0 Å². The lowest BCUT2D eigenvalue weighted by Crippen LogP contribution is -2.53. The summed E-state index contributed by atoms with van der Waals surface area (Å²) in [5.74, 6) is 0.320. The van der Waals surface area contributed by atoms with Crippen molar-refractivity contribution in [2.45, 2.75) is 32.2 Å². The third-order valence-electron chi connectivity index (χ3n) is 5.11. The van der Waals surface area contributed by atoms with E-state index in [0.29, 0.717) is 12.5 Å². The van der Waals surface area contributed by atoms with Crippen LogP contribution in [0.3, 0.4) is 0 Å². The molecule has 2 bridgehead atoms. The first-order valence-electron chi connectivity index (χ1n) is 8.67. The van der Waals surface area contributed by atoms with E-state index in [4.69, 9.17) is 5.73 Å². The number of rotatable bonds is 7. The van der Waals surface area contributed by atoms with Crippen LogP contribution in [0.4, 0.5) is 0 Å². The van der Waals surface area contributed by atoms with Gasteiger partial charge < -0.3 is 5.73 Å². The Morgan fingerprint density at radius 1 is 1.16 bits per heavy atom. The second kappa shape index (κ2) is 6.56. The highest BCUT2D eigenvalue weighted by Gasteiger charge is 2.49. The first-order valence-corrected chi connectivity index (χ1v) is 10.6. The highest BCUT2D eigenvalue weighted by atomic mass is 32.2. The minimum absolute atomic E-state index is 0.320. The Bertz CT molecular complexity index is 878. The molecule has 2 unspecified atom stereocenters. The van der Waals surface area contributed by atoms with E-state index in [1.54, 1.807) is 0 Å². The molecule has 0 saturated heterocycles. The molecule has 0 aliphatic heterocycles. The Kier molecular flexibility index (Phi) is 4.75. The molecule has 2 aromatic rings. The van der Waals surface area contributed by atoms with Crippen molar-refractivity contribution in [1.82, 2.24) is 4.72 Å². The highest BCUT2D eigenvalue weighted by Crippen LogP contribution is 2.53. The molecule has 0 aromatic heterocycles. The molecule has 25 heavy (non-hydrogen) atoms. The average Bonchev–Trinajstić information content (AvgIpc) is 2.54. The monoisotopic (exact) mass is 358 g/mol. The second-order valence-electron chi connectivity index (χ2n) is 7.19. The maximum atomic E-state index is 12.2. The van der Waals surface area contributed by atoms with Crippen LogP contribution in [0.25, 0.3) is 11.1 Å². The van der Waals surface area contributed by atoms with Crippen LogP contribution < -0.4 is 10.5 Å². The predicted molar refractivity (Wildman–Crippen MR) is 103 cm³/mol. The van der Waals surface area contributed by atoms with Crippen molar-refractivity contribution in [3.05, 3.63) is 59.2 Å². The summed E-state index contributed by atoms with van der Waals surface area (Å²) >= 11 is 0. The van der Waals surface area contributed by atoms with Gasteiger partial charge in [-0.15, -0.1) is 0 Å². The minimum atomic E-state index is -3.36. The standard InChI is InChI=1S/C20H26N2O2S/c1-14(11-12-21)13-20(22-25(3,23)24)18-10-9-17(19(20)15(18)2)16-7-5-4-6-8-16/h4-10,14,22H,11-13,21H2,1-3H3. The topological polar surface area (TPSA) is 72.2 Å². The highest BCUT2D eigenvalue weighted by molar-refractivity contribution is 7.88. The SMILES string of the molecule is Cc1c2ccc(-c3ccccc3)c1C2(CC(C)CCN)NS(C)(=O)=O. The van der Waals surface area contributed by atoms with Crippen LogP contribution in [0.1, 0.15) is 36.5 Å². The number of aryl methyl sites for hydroxylation is 1. The van der Waals surface area contributed by atoms with Gasteiger partial charge in [0.2, 0.25) is 10.0 Å². The zero-order valence-corrected chi connectivity index (χ0v) is 15.9. The fourth-order valence-corrected chi connectivity index (χ4v) is 5.17. The summed E-state index contributed by atoms with van der Waals surface area (Å²) in [5, 5.41) is 0. The Morgan fingerprint density at radius 2 is 1.84 bits per heavy atom.